The third-order valence-corrected chi connectivity index (χ3v) is 2.17. The van der Waals surface area contributed by atoms with Crippen molar-refractivity contribution in [2.75, 3.05) is 18.1 Å². The molecule has 0 bridgehead atoms. The second-order valence-corrected chi connectivity index (χ2v) is 3.33. The molecule has 0 unspecified atom stereocenters. The average Bonchev–Trinajstić information content (AvgIpc) is 2.61. The normalized spacial score (nSPS) is 16.6. The van der Waals surface area contributed by atoms with Crippen LogP contribution in [0.2, 0.25) is 0 Å². The molecule has 0 aromatic carbocycles. The molecule has 1 N–H and O–H groups in total. The van der Waals surface area contributed by atoms with E-state index in [0.717, 1.165) is 30.3 Å². The maximum Gasteiger partial charge on any atom is 0.164 e. The van der Waals surface area contributed by atoms with Gasteiger partial charge < -0.3 is 0 Å². The number of aryl methyl sites for hydroxylation is 2. The summed E-state index contributed by atoms with van der Waals surface area (Å²) in [6, 6.07) is 0. The summed E-state index contributed by atoms with van der Waals surface area (Å²) in [5.41, 5.74) is 5.22. The van der Waals surface area contributed by atoms with E-state index in [1.165, 1.54) is 6.42 Å². The van der Waals surface area contributed by atoms with E-state index >= 15 is 0 Å². The fraction of sp³-hybridized carbons (Fsp3) is 0.556. The molecule has 4 nitrogen and oxygen atoms in total. The van der Waals surface area contributed by atoms with Crippen molar-refractivity contribution in [3.8, 4) is 0 Å². The maximum absolute atomic E-state index is 4.46. The largest absolute Gasteiger partial charge is 0.291 e. The lowest BCUT2D eigenvalue weighted by Gasteiger charge is -2.18. The molecule has 0 radical (unpaired) electrons. The lowest BCUT2D eigenvalue weighted by molar-refractivity contribution is 0.761. The van der Waals surface area contributed by atoms with Gasteiger partial charge in [-0.25, -0.2) is 10.4 Å². The summed E-state index contributed by atoms with van der Waals surface area (Å²) in [6.07, 6.45) is 2.98. The van der Waals surface area contributed by atoms with Crippen LogP contribution in [-0.4, -0.2) is 23.1 Å². The van der Waals surface area contributed by atoms with E-state index in [2.05, 4.69) is 20.4 Å². The van der Waals surface area contributed by atoms with Crippen LogP contribution >= 0.6 is 0 Å². The quantitative estimate of drug-likeness (QED) is 0.691. The first-order valence-electron chi connectivity index (χ1n) is 4.58. The van der Waals surface area contributed by atoms with E-state index in [9.17, 15) is 0 Å². The summed E-state index contributed by atoms with van der Waals surface area (Å²) in [6.45, 7) is 6.02. The fourth-order valence-electron chi connectivity index (χ4n) is 1.49. The van der Waals surface area contributed by atoms with Crippen LogP contribution < -0.4 is 10.4 Å². The highest BCUT2D eigenvalue weighted by Crippen LogP contribution is 2.15. The van der Waals surface area contributed by atoms with Crippen LogP contribution in [0.3, 0.4) is 0 Å². The van der Waals surface area contributed by atoms with Crippen molar-refractivity contribution in [3.05, 3.63) is 17.6 Å². The summed E-state index contributed by atoms with van der Waals surface area (Å²) < 4.78 is 0. The van der Waals surface area contributed by atoms with E-state index in [0.29, 0.717) is 0 Å². The van der Waals surface area contributed by atoms with Gasteiger partial charge in [0.25, 0.3) is 0 Å². The molecular formula is C9H14N4. The molecular weight excluding hydrogens is 164 g/mol. The lowest BCUT2D eigenvalue weighted by atomic mass is 10.4. The van der Waals surface area contributed by atoms with Crippen LogP contribution in [0.4, 0.5) is 5.82 Å². The number of aromatic nitrogens is 2. The zero-order valence-electron chi connectivity index (χ0n) is 8.04. The fourth-order valence-corrected chi connectivity index (χ4v) is 1.49. The highest BCUT2D eigenvalue weighted by molar-refractivity contribution is 5.42. The monoisotopic (exact) mass is 178 g/mol. The summed E-state index contributed by atoms with van der Waals surface area (Å²) >= 11 is 0. The number of hydrogen-bond donors (Lipinski definition) is 1. The molecule has 2 rings (SSSR count). The lowest BCUT2D eigenvalue weighted by Crippen LogP contribution is -2.32. The number of hydrogen-bond acceptors (Lipinski definition) is 4. The van der Waals surface area contributed by atoms with Gasteiger partial charge >= 0.3 is 0 Å². The van der Waals surface area contributed by atoms with Crippen molar-refractivity contribution in [1.29, 1.82) is 0 Å². The predicted molar refractivity (Wildman–Crippen MR) is 51.5 cm³/mol. The van der Waals surface area contributed by atoms with Crippen molar-refractivity contribution >= 4 is 5.82 Å². The first-order chi connectivity index (χ1) is 6.27. The van der Waals surface area contributed by atoms with Crippen LogP contribution in [0.15, 0.2) is 6.20 Å². The minimum atomic E-state index is 0.967. The Bertz CT molecular complexity index is 304. The van der Waals surface area contributed by atoms with Crippen molar-refractivity contribution in [2.45, 2.75) is 20.3 Å². The molecule has 1 aliphatic heterocycles. The molecule has 70 valence electrons. The SMILES string of the molecule is Cc1cnc(C)c(N2CCCN2)n1. The van der Waals surface area contributed by atoms with E-state index in [1.807, 2.05) is 13.8 Å². The molecule has 2 heterocycles. The van der Waals surface area contributed by atoms with Gasteiger partial charge in [0.05, 0.1) is 11.4 Å². The highest BCUT2D eigenvalue weighted by Gasteiger charge is 2.15. The molecule has 1 saturated heterocycles. The Labute approximate surface area is 78.0 Å². The van der Waals surface area contributed by atoms with Gasteiger partial charge in [-0.2, -0.15) is 0 Å². The van der Waals surface area contributed by atoms with Gasteiger partial charge in [0.2, 0.25) is 0 Å². The van der Waals surface area contributed by atoms with Crippen LogP contribution in [0.25, 0.3) is 0 Å². The Morgan fingerprint density at radius 2 is 2.31 bits per heavy atom. The molecule has 13 heavy (non-hydrogen) atoms. The van der Waals surface area contributed by atoms with E-state index in [-0.39, 0.29) is 0 Å². The Hall–Kier alpha value is -1.16. The van der Waals surface area contributed by atoms with Crippen LogP contribution in [-0.2, 0) is 0 Å². The molecule has 0 aliphatic carbocycles. The van der Waals surface area contributed by atoms with Gasteiger partial charge in [0, 0.05) is 19.3 Å². The summed E-state index contributed by atoms with van der Waals surface area (Å²) in [4.78, 5) is 8.73. The molecule has 1 aliphatic rings. The number of rotatable bonds is 1. The molecule has 0 amide bonds. The summed E-state index contributed by atoms with van der Waals surface area (Å²) in [5.74, 6) is 0.970. The standard InChI is InChI=1S/C9H14N4/c1-7-6-10-8(2)9(12-7)13-5-3-4-11-13/h6,11H,3-5H2,1-2H3. The second-order valence-electron chi connectivity index (χ2n) is 3.33. The smallest absolute Gasteiger partial charge is 0.164 e. The van der Waals surface area contributed by atoms with Gasteiger partial charge in [-0.05, 0) is 20.3 Å². The number of anilines is 1. The van der Waals surface area contributed by atoms with Crippen molar-refractivity contribution < 1.29 is 0 Å². The van der Waals surface area contributed by atoms with E-state index < -0.39 is 0 Å². The van der Waals surface area contributed by atoms with Gasteiger partial charge in [-0.3, -0.25) is 9.99 Å². The first-order valence-corrected chi connectivity index (χ1v) is 4.58. The van der Waals surface area contributed by atoms with Crippen LogP contribution in [0.1, 0.15) is 17.8 Å². The third kappa shape index (κ3) is 1.62. The minimum absolute atomic E-state index is 0.967. The number of nitrogens with one attached hydrogen (secondary N) is 1. The predicted octanol–water partition coefficient (Wildman–Crippen LogP) is 0.808. The van der Waals surface area contributed by atoms with Gasteiger partial charge in [0.1, 0.15) is 0 Å². The zero-order chi connectivity index (χ0) is 9.26. The Kier molecular flexibility index (Phi) is 2.14. The molecule has 1 aromatic rings. The van der Waals surface area contributed by atoms with E-state index in [1.54, 1.807) is 6.20 Å². The highest BCUT2D eigenvalue weighted by atomic mass is 15.5. The van der Waals surface area contributed by atoms with Crippen LogP contribution in [0.5, 0.6) is 0 Å². The maximum atomic E-state index is 4.46. The van der Waals surface area contributed by atoms with Crippen molar-refractivity contribution in [2.24, 2.45) is 0 Å². The molecule has 0 saturated carbocycles. The topological polar surface area (TPSA) is 41.1 Å². The van der Waals surface area contributed by atoms with Gasteiger partial charge in [0.15, 0.2) is 5.82 Å². The summed E-state index contributed by atoms with van der Waals surface area (Å²) in [5, 5.41) is 2.08. The zero-order valence-corrected chi connectivity index (χ0v) is 8.04. The molecule has 1 fully saturated rings. The Morgan fingerprint density at radius 3 is 3.00 bits per heavy atom. The third-order valence-electron chi connectivity index (χ3n) is 2.17. The Balaban J connectivity index is 2.32. The Morgan fingerprint density at radius 1 is 1.46 bits per heavy atom. The van der Waals surface area contributed by atoms with Crippen molar-refractivity contribution in [3.63, 3.8) is 0 Å². The van der Waals surface area contributed by atoms with Gasteiger partial charge in [-0.15, -0.1) is 0 Å². The molecule has 4 heteroatoms. The number of hydrazine groups is 1. The molecule has 1 aromatic heterocycles. The van der Waals surface area contributed by atoms with Crippen LogP contribution in [0, 0.1) is 13.8 Å². The van der Waals surface area contributed by atoms with Crippen molar-refractivity contribution in [1.82, 2.24) is 15.4 Å². The van der Waals surface area contributed by atoms with Gasteiger partial charge in [-0.1, -0.05) is 0 Å². The average molecular weight is 178 g/mol. The summed E-state index contributed by atoms with van der Waals surface area (Å²) in [7, 11) is 0. The minimum Gasteiger partial charge on any atom is -0.291 e. The second kappa shape index (κ2) is 3.30. The first kappa shape index (κ1) is 8.44. The van der Waals surface area contributed by atoms with E-state index in [4.69, 9.17) is 0 Å². The number of nitrogens with zero attached hydrogens (tertiary/aromatic N) is 3. The molecule has 0 spiro atoms. The molecule has 0 atom stereocenters.